The Hall–Kier alpha value is -3.08. The number of aromatic hydroxyl groups is 1. The van der Waals surface area contributed by atoms with Crippen LogP contribution in [0.2, 0.25) is 0 Å². The van der Waals surface area contributed by atoms with Gasteiger partial charge in [0.25, 0.3) is 0 Å². The van der Waals surface area contributed by atoms with E-state index in [1.54, 1.807) is 22.9 Å². The van der Waals surface area contributed by atoms with Crippen molar-refractivity contribution in [2.75, 3.05) is 5.32 Å². The lowest BCUT2D eigenvalue weighted by Crippen LogP contribution is -2.18. The van der Waals surface area contributed by atoms with Crippen LogP contribution in [0.25, 0.3) is 10.9 Å². The third kappa shape index (κ3) is 3.08. The van der Waals surface area contributed by atoms with Crippen molar-refractivity contribution in [1.82, 2.24) is 4.57 Å². The maximum absolute atomic E-state index is 12.2. The number of anilines is 1. The van der Waals surface area contributed by atoms with Crippen LogP contribution in [0.3, 0.4) is 0 Å². The minimum absolute atomic E-state index is 0.0339. The van der Waals surface area contributed by atoms with E-state index in [0.29, 0.717) is 11.3 Å². The Bertz CT molecular complexity index is 896. The van der Waals surface area contributed by atoms with E-state index in [2.05, 4.69) is 5.32 Å². The Labute approximate surface area is 133 Å². The summed E-state index contributed by atoms with van der Waals surface area (Å²) in [5.74, 6) is -0.173. The first-order valence-corrected chi connectivity index (χ1v) is 7.22. The normalized spacial score (nSPS) is 10.7. The predicted molar refractivity (Wildman–Crippen MR) is 88.7 cm³/mol. The molecule has 0 spiro atoms. The zero-order valence-electron chi connectivity index (χ0n) is 12.6. The van der Waals surface area contributed by atoms with Crippen LogP contribution in [-0.4, -0.2) is 21.4 Å². The van der Waals surface area contributed by atoms with Gasteiger partial charge in [0, 0.05) is 34.4 Å². The molecule has 3 rings (SSSR count). The van der Waals surface area contributed by atoms with Crippen LogP contribution >= 0.6 is 0 Å². The number of rotatable bonds is 4. The molecule has 2 aromatic carbocycles. The van der Waals surface area contributed by atoms with Gasteiger partial charge in [0.2, 0.25) is 5.91 Å². The minimum Gasteiger partial charge on any atom is -0.508 e. The number of hydrogen-bond donors (Lipinski definition) is 2. The summed E-state index contributed by atoms with van der Waals surface area (Å²) in [5, 5.41) is 13.0. The van der Waals surface area contributed by atoms with Crippen LogP contribution in [0, 0.1) is 0 Å². The van der Waals surface area contributed by atoms with E-state index in [1.807, 2.05) is 24.3 Å². The molecule has 0 saturated heterocycles. The number of carbonyl (C=O) groups is 2. The number of phenolic OH excluding ortho intramolecular Hbond substituents is 1. The Balaban J connectivity index is 1.86. The fraction of sp³-hybridized carbons (Fsp3) is 0.111. The highest BCUT2D eigenvalue weighted by Crippen LogP contribution is 2.22. The molecule has 0 bridgehead atoms. The lowest BCUT2D eigenvalue weighted by molar-refractivity contribution is -0.116. The molecule has 3 aromatic rings. The first kappa shape index (κ1) is 14.8. The van der Waals surface area contributed by atoms with Gasteiger partial charge in [-0.05, 0) is 25.1 Å². The second kappa shape index (κ2) is 5.96. The van der Waals surface area contributed by atoms with Gasteiger partial charge in [-0.25, -0.2) is 0 Å². The van der Waals surface area contributed by atoms with Gasteiger partial charge >= 0.3 is 0 Å². The summed E-state index contributed by atoms with van der Waals surface area (Å²) in [6, 6.07) is 13.9. The molecule has 0 aliphatic heterocycles. The molecule has 1 heterocycles. The lowest BCUT2D eigenvalue weighted by atomic mass is 10.1. The Morgan fingerprint density at radius 2 is 1.91 bits per heavy atom. The second-order valence-electron chi connectivity index (χ2n) is 5.34. The van der Waals surface area contributed by atoms with Crippen molar-refractivity contribution >= 4 is 28.3 Å². The number of ketones is 1. The highest BCUT2D eigenvalue weighted by atomic mass is 16.3. The summed E-state index contributed by atoms with van der Waals surface area (Å²) in [4.78, 5) is 24.0. The third-order valence-electron chi connectivity index (χ3n) is 3.61. The number of phenols is 1. The van der Waals surface area contributed by atoms with Crippen LogP contribution in [0.1, 0.15) is 17.3 Å². The van der Waals surface area contributed by atoms with Gasteiger partial charge in [0.15, 0.2) is 5.78 Å². The lowest BCUT2D eigenvalue weighted by Gasteiger charge is -2.07. The number of nitrogens with one attached hydrogen (secondary N) is 1. The summed E-state index contributed by atoms with van der Waals surface area (Å²) in [5.41, 5.74) is 1.97. The van der Waals surface area contributed by atoms with E-state index in [9.17, 15) is 14.7 Å². The Kier molecular flexibility index (Phi) is 3.85. The van der Waals surface area contributed by atoms with Crippen molar-refractivity contribution in [3.05, 3.63) is 60.3 Å². The molecule has 0 aliphatic rings. The van der Waals surface area contributed by atoms with Crippen LogP contribution in [0.4, 0.5) is 5.69 Å². The van der Waals surface area contributed by atoms with Crippen LogP contribution in [0.5, 0.6) is 5.75 Å². The Morgan fingerprint density at radius 1 is 1.13 bits per heavy atom. The molecule has 0 atom stereocenters. The number of fused-ring (bicyclic) bond motifs is 1. The summed E-state index contributed by atoms with van der Waals surface area (Å²) in [6.45, 7) is 1.60. The monoisotopic (exact) mass is 308 g/mol. The number of Topliss-reactive ketones (excluding diaryl/α,β-unsaturated/α-hetero) is 1. The number of aromatic nitrogens is 1. The van der Waals surface area contributed by atoms with E-state index in [0.717, 1.165) is 10.9 Å². The zero-order chi connectivity index (χ0) is 16.4. The first-order chi connectivity index (χ1) is 11.0. The number of para-hydroxylation sites is 1. The van der Waals surface area contributed by atoms with Crippen LogP contribution in [-0.2, 0) is 11.3 Å². The summed E-state index contributed by atoms with van der Waals surface area (Å²) < 4.78 is 1.75. The van der Waals surface area contributed by atoms with E-state index >= 15 is 0 Å². The van der Waals surface area contributed by atoms with E-state index < -0.39 is 0 Å². The molecular formula is C18H16N2O3. The number of benzene rings is 2. The Morgan fingerprint density at radius 3 is 2.65 bits per heavy atom. The highest BCUT2D eigenvalue weighted by Gasteiger charge is 2.13. The van der Waals surface area contributed by atoms with Crippen molar-refractivity contribution in [1.29, 1.82) is 0 Å². The molecule has 0 radical (unpaired) electrons. The quantitative estimate of drug-likeness (QED) is 0.727. The smallest absolute Gasteiger partial charge is 0.244 e. The average molecular weight is 308 g/mol. The summed E-state index contributed by atoms with van der Waals surface area (Å²) in [7, 11) is 0. The molecule has 5 nitrogen and oxygen atoms in total. The number of hydrogen-bond acceptors (Lipinski definition) is 3. The van der Waals surface area contributed by atoms with Gasteiger partial charge in [0.05, 0.1) is 0 Å². The first-order valence-electron chi connectivity index (χ1n) is 7.22. The molecule has 0 unspecified atom stereocenters. The molecule has 23 heavy (non-hydrogen) atoms. The maximum Gasteiger partial charge on any atom is 0.244 e. The van der Waals surface area contributed by atoms with Gasteiger partial charge < -0.3 is 15.0 Å². The van der Waals surface area contributed by atoms with Crippen molar-refractivity contribution in [3.63, 3.8) is 0 Å². The molecule has 0 saturated carbocycles. The van der Waals surface area contributed by atoms with Crippen molar-refractivity contribution < 1.29 is 14.7 Å². The molecule has 0 aliphatic carbocycles. The molecule has 1 amide bonds. The van der Waals surface area contributed by atoms with Gasteiger partial charge in [-0.2, -0.15) is 0 Å². The molecule has 1 aromatic heterocycles. The molecule has 0 fully saturated rings. The predicted octanol–water partition coefficient (Wildman–Crippen LogP) is 3.19. The SMILES string of the molecule is CC(=O)c1cn(CC(=O)Nc2cccc(O)c2)c2ccccc12. The highest BCUT2D eigenvalue weighted by molar-refractivity contribution is 6.07. The van der Waals surface area contributed by atoms with Crippen molar-refractivity contribution in [3.8, 4) is 5.75 Å². The largest absolute Gasteiger partial charge is 0.508 e. The molecule has 116 valence electrons. The summed E-state index contributed by atoms with van der Waals surface area (Å²) >= 11 is 0. The molecule has 2 N–H and O–H groups in total. The van der Waals surface area contributed by atoms with Crippen molar-refractivity contribution in [2.24, 2.45) is 0 Å². The van der Waals surface area contributed by atoms with Gasteiger partial charge in [-0.1, -0.05) is 24.3 Å². The topological polar surface area (TPSA) is 71.3 Å². The van der Waals surface area contributed by atoms with E-state index in [4.69, 9.17) is 0 Å². The van der Waals surface area contributed by atoms with E-state index in [-0.39, 0.29) is 24.0 Å². The van der Waals surface area contributed by atoms with Crippen LogP contribution in [0.15, 0.2) is 54.7 Å². The number of carbonyl (C=O) groups excluding carboxylic acids is 2. The number of amides is 1. The minimum atomic E-state index is -0.230. The standard InChI is InChI=1S/C18H16N2O3/c1-12(21)16-10-20(17-8-3-2-7-15(16)17)11-18(23)19-13-5-4-6-14(22)9-13/h2-10,22H,11H2,1H3,(H,19,23). The van der Waals surface area contributed by atoms with Crippen LogP contribution < -0.4 is 5.32 Å². The van der Waals surface area contributed by atoms with Crippen molar-refractivity contribution in [2.45, 2.75) is 13.5 Å². The maximum atomic E-state index is 12.2. The van der Waals surface area contributed by atoms with Gasteiger partial charge in [-0.15, -0.1) is 0 Å². The molecular weight excluding hydrogens is 292 g/mol. The summed E-state index contributed by atoms with van der Waals surface area (Å²) in [6.07, 6.45) is 1.70. The van der Waals surface area contributed by atoms with Gasteiger partial charge in [0.1, 0.15) is 12.3 Å². The van der Waals surface area contributed by atoms with E-state index in [1.165, 1.54) is 19.1 Å². The number of nitrogens with zero attached hydrogens (tertiary/aromatic N) is 1. The third-order valence-corrected chi connectivity index (χ3v) is 3.61. The fourth-order valence-electron chi connectivity index (χ4n) is 2.60. The van der Waals surface area contributed by atoms with Gasteiger partial charge in [-0.3, -0.25) is 9.59 Å². The fourth-order valence-corrected chi connectivity index (χ4v) is 2.60. The molecule has 5 heteroatoms. The zero-order valence-corrected chi connectivity index (χ0v) is 12.6. The second-order valence-corrected chi connectivity index (χ2v) is 5.34. The average Bonchev–Trinajstić information content (AvgIpc) is 2.86.